The van der Waals surface area contributed by atoms with Gasteiger partial charge < -0.3 is 15.4 Å². The van der Waals surface area contributed by atoms with E-state index in [4.69, 9.17) is 4.74 Å². The topological polar surface area (TPSA) is 120 Å². The first-order chi connectivity index (χ1) is 13.1. The van der Waals surface area contributed by atoms with Crippen LogP contribution in [0.2, 0.25) is 0 Å². The van der Waals surface area contributed by atoms with Crippen molar-refractivity contribution >= 4 is 46.1 Å². The number of fused-ring (bicyclic) bond motifs is 1. The van der Waals surface area contributed by atoms with Gasteiger partial charge in [0.1, 0.15) is 10.7 Å². The summed E-state index contributed by atoms with van der Waals surface area (Å²) in [4.78, 5) is 21.7. The first-order valence-corrected chi connectivity index (χ1v) is 10.2. The van der Waals surface area contributed by atoms with E-state index in [-0.39, 0.29) is 5.91 Å². The van der Waals surface area contributed by atoms with Crippen molar-refractivity contribution in [2.75, 3.05) is 38.4 Å². The number of amides is 1. The fraction of sp³-hybridized carbons (Fsp3) is 0.467. The molecule has 3 rings (SSSR count). The summed E-state index contributed by atoms with van der Waals surface area (Å²) in [6, 6.07) is 0. The van der Waals surface area contributed by atoms with E-state index in [9.17, 15) is 4.79 Å². The predicted octanol–water partition coefficient (Wildman–Crippen LogP) is 1.20. The van der Waals surface area contributed by atoms with Gasteiger partial charge in [-0.2, -0.15) is 5.10 Å². The minimum absolute atomic E-state index is 0.180. The number of rotatable bonds is 9. The van der Waals surface area contributed by atoms with E-state index < -0.39 is 0 Å². The molecular weight excluding hydrogens is 388 g/mol. The van der Waals surface area contributed by atoms with Crippen LogP contribution in [0.15, 0.2) is 11.4 Å². The highest BCUT2D eigenvalue weighted by atomic mass is 32.2. The molecule has 0 fully saturated rings. The molecule has 0 aliphatic heterocycles. The quantitative estimate of drug-likeness (QED) is 0.306. The Labute approximate surface area is 164 Å². The average molecular weight is 409 g/mol. The van der Waals surface area contributed by atoms with Gasteiger partial charge in [-0.15, -0.1) is 5.10 Å². The lowest BCUT2D eigenvalue weighted by Gasteiger charge is -2.09. The van der Waals surface area contributed by atoms with Crippen LogP contribution in [0.1, 0.15) is 15.4 Å². The summed E-state index contributed by atoms with van der Waals surface area (Å²) in [5.74, 6) is 0.545. The van der Waals surface area contributed by atoms with Gasteiger partial charge in [0.2, 0.25) is 0 Å². The molecule has 0 radical (unpaired) electrons. The summed E-state index contributed by atoms with van der Waals surface area (Å²) < 4.78 is 10.6. The second kappa shape index (κ2) is 9.06. The third-order valence-electron chi connectivity index (χ3n) is 3.72. The zero-order chi connectivity index (χ0) is 19.2. The monoisotopic (exact) mass is 408 g/mol. The normalized spacial score (nSPS) is 11.1. The van der Waals surface area contributed by atoms with Crippen LogP contribution in [-0.4, -0.2) is 68.3 Å². The minimum Gasteiger partial charge on any atom is -0.383 e. The summed E-state index contributed by atoms with van der Waals surface area (Å²) in [7, 11) is 1.65. The fourth-order valence-corrected chi connectivity index (χ4v) is 3.33. The van der Waals surface area contributed by atoms with Crippen LogP contribution in [0, 0.1) is 6.92 Å². The smallest absolute Gasteiger partial charge is 0.265 e. The van der Waals surface area contributed by atoms with E-state index in [1.165, 1.54) is 11.8 Å². The highest BCUT2D eigenvalue weighted by Gasteiger charge is 2.15. The fourth-order valence-electron chi connectivity index (χ4n) is 2.39. The average Bonchev–Trinajstić information content (AvgIpc) is 3.28. The number of ether oxygens (including phenoxy) is 1. The summed E-state index contributed by atoms with van der Waals surface area (Å²) >= 11 is 2.55. The molecule has 3 aromatic heterocycles. The van der Waals surface area contributed by atoms with Gasteiger partial charge in [-0.3, -0.25) is 4.79 Å². The lowest BCUT2D eigenvalue weighted by Crippen LogP contribution is -2.27. The van der Waals surface area contributed by atoms with E-state index >= 15 is 0 Å². The molecular formula is C15H20N8O2S2. The maximum atomic E-state index is 12.2. The maximum absolute atomic E-state index is 12.2. The summed E-state index contributed by atoms with van der Waals surface area (Å²) in [5.41, 5.74) is 1.35. The highest BCUT2D eigenvalue weighted by Crippen LogP contribution is 2.23. The highest BCUT2D eigenvalue weighted by molar-refractivity contribution is 7.98. The number of aromatic nitrogens is 6. The molecule has 0 spiro atoms. The number of hydrogen-bond acceptors (Lipinski definition) is 10. The van der Waals surface area contributed by atoms with Gasteiger partial charge in [0.15, 0.2) is 10.8 Å². The number of methoxy groups -OCH3 is 1. The van der Waals surface area contributed by atoms with Crippen LogP contribution < -0.4 is 10.6 Å². The van der Waals surface area contributed by atoms with Crippen LogP contribution in [0.25, 0.3) is 11.0 Å². The van der Waals surface area contributed by atoms with Crippen molar-refractivity contribution in [1.82, 2.24) is 34.7 Å². The van der Waals surface area contributed by atoms with Gasteiger partial charge in [0.05, 0.1) is 30.4 Å². The SMILES string of the molecule is COCCNc1nc(SC)nc2c1cnn2CCNC(=O)c1snnc1C. The third kappa shape index (κ3) is 4.51. The molecule has 0 aromatic carbocycles. The molecule has 0 bridgehead atoms. The molecule has 0 saturated carbocycles. The van der Waals surface area contributed by atoms with Gasteiger partial charge in [-0.1, -0.05) is 16.3 Å². The molecule has 3 aromatic rings. The molecule has 0 aliphatic rings. The number of anilines is 1. The lowest BCUT2D eigenvalue weighted by molar-refractivity contribution is 0.0955. The van der Waals surface area contributed by atoms with Crippen molar-refractivity contribution < 1.29 is 9.53 Å². The molecule has 144 valence electrons. The number of carbonyl (C=O) groups is 1. The summed E-state index contributed by atoms with van der Waals surface area (Å²) in [6.45, 7) is 3.88. The summed E-state index contributed by atoms with van der Waals surface area (Å²) in [6.07, 6.45) is 3.65. The molecule has 12 heteroatoms. The van der Waals surface area contributed by atoms with Crippen molar-refractivity contribution in [3.63, 3.8) is 0 Å². The van der Waals surface area contributed by atoms with Crippen molar-refractivity contribution in [2.24, 2.45) is 0 Å². The Bertz CT molecular complexity index is 926. The molecule has 0 saturated heterocycles. The number of hydrogen-bond donors (Lipinski definition) is 2. The van der Waals surface area contributed by atoms with E-state index in [0.29, 0.717) is 42.0 Å². The Morgan fingerprint density at radius 1 is 1.37 bits per heavy atom. The number of aryl methyl sites for hydroxylation is 1. The zero-order valence-electron chi connectivity index (χ0n) is 15.2. The second-order valence-corrected chi connectivity index (χ2v) is 7.05. The molecule has 27 heavy (non-hydrogen) atoms. The van der Waals surface area contributed by atoms with Crippen LogP contribution in [0.5, 0.6) is 0 Å². The van der Waals surface area contributed by atoms with E-state index in [0.717, 1.165) is 28.4 Å². The maximum Gasteiger partial charge on any atom is 0.265 e. The van der Waals surface area contributed by atoms with Crippen molar-refractivity contribution in [2.45, 2.75) is 18.6 Å². The Morgan fingerprint density at radius 2 is 2.22 bits per heavy atom. The molecule has 0 unspecified atom stereocenters. The van der Waals surface area contributed by atoms with Gasteiger partial charge in [-0.05, 0) is 24.7 Å². The lowest BCUT2D eigenvalue weighted by atomic mass is 10.3. The van der Waals surface area contributed by atoms with E-state index in [1.54, 1.807) is 24.9 Å². The molecule has 0 atom stereocenters. The largest absolute Gasteiger partial charge is 0.383 e. The Balaban J connectivity index is 1.72. The van der Waals surface area contributed by atoms with Gasteiger partial charge in [-0.25, -0.2) is 14.6 Å². The third-order valence-corrected chi connectivity index (χ3v) is 5.10. The number of carbonyl (C=O) groups excluding carboxylic acids is 1. The standard InChI is InChI=1S/C15H20N8O2S2/c1-9-11(27-22-21-9)14(24)17-4-6-23-13-10(8-18-23)12(16-5-7-25-2)19-15(20-13)26-3/h8H,4-7H2,1-3H3,(H,17,24)(H,16,19,20). The van der Waals surface area contributed by atoms with Crippen molar-refractivity contribution in [3.8, 4) is 0 Å². The van der Waals surface area contributed by atoms with Crippen LogP contribution in [0.4, 0.5) is 5.82 Å². The van der Waals surface area contributed by atoms with Crippen LogP contribution in [0.3, 0.4) is 0 Å². The second-order valence-electron chi connectivity index (χ2n) is 5.53. The molecule has 3 heterocycles. The predicted molar refractivity (Wildman–Crippen MR) is 104 cm³/mol. The minimum atomic E-state index is -0.180. The number of nitrogens with one attached hydrogen (secondary N) is 2. The molecule has 10 nitrogen and oxygen atoms in total. The Kier molecular flexibility index (Phi) is 6.53. The number of nitrogens with zero attached hydrogens (tertiary/aromatic N) is 6. The summed E-state index contributed by atoms with van der Waals surface area (Å²) in [5, 5.41) is 15.8. The zero-order valence-corrected chi connectivity index (χ0v) is 16.9. The molecule has 0 aliphatic carbocycles. The Morgan fingerprint density at radius 3 is 2.93 bits per heavy atom. The van der Waals surface area contributed by atoms with Crippen LogP contribution in [-0.2, 0) is 11.3 Å². The van der Waals surface area contributed by atoms with E-state index in [1.807, 2.05) is 6.26 Å². The van der Waals surface area contributed by atoms with Gasteiger partial charge >= 0.3 is 0 Å². The molecule has 1 amide bonds. The van der Waals surface area contributed by atoms with Gasteiger partial charge in [0, 0.05) is 20.2 Å². The first kappa shape index (κ1) is 19.5. The van der Waals surface area contributed by atoms with Crippen molar-refractivity contribution in [1.29, 1.82) is 0 Å². The van der Waals surface area contributed by atoms with Crippen LogP contribution >= 0.6 is 23.3 Å². The molecule has 2 N–H and O–H groups in total. The number of thioether (sulfide) groups is 1. The van der Waals surface area contributed by atoms with E-state index in [2.05, 4.69) is 35.3 Å². The Hall–Kier alpha value is -2.31. The van der Waals surface area contributed by atoms with Gasteiger partial charge in [0.25, 0.3) is 5.91 Å². The first-order valence-electron chi connectivity index (χ1n) is 8.21. The van der Waals surface area contributed by atoms with Crippen molar-refractivity contribution in [3.05, 3.63) is 16.8 Å².